The van der Waals surface area contributed by atoms with Crippen molar-refractivity contribution in [2.45, 2.75) is 19.4 Å². The third-order valence-corrected chi connectivity index (χ3v) is 1.08. The first-order chi connectivity index (χ1) is 4.72. The Labute approximate surface area is 59.2 Å². The fourth-order valence-electron chi connectivity index (χ4n) is 0.474. The third kappa shape index (κ3) is 3.40. The van der Waals surface area contributed by atoms with Gasteiger partial charge in [-0.3, -0.25) is 4.79 Å². The first-order valence-corrected chi connectivity index (χ1v) is 3.24. The minimum Gasteiger partial charge on any atom is -0.383 e. The van der Waals surface area contributed by atoms with Crippen LogP contribution in [0.3, 0.4) is 0 Å². The van der Waals surface area contributed by atoms with E-state index in [1.54, 1.807) is 6.92 Å². The molecule has 0 rings (SSSR count). The average Bonchev–Trinajstić information content (AvgIpc) is 1.98. The van der Waals surface area contributed by atoms with Crippen LogP contribution in [0.15, 0.2) is 0 Å². The number of halogens is 1. The van der Waals surface area contributed by atoms with Crippen molar-refractivity contribution in [2.24, 2.45) is 0 Å². The van der Waals surface area contributed by atoms with Crippen LogP contribution in [0.1, 0.15) is 13.3 Å². The molecule has 3 nitrogen and oxygen atoms in total. The van der Waals surface area contributed by atoms with Crippen LogP contribution in [0.4, 0.5) is 4.39 Å². The molecule has 0 radical (unpaired) electrons. The minimum atomic E-state index is -0.994. The van der Waals surface area contributed by atoms with Gasteiger partial charge in [0, 0.05) is 6.54 Å². The topological polar surface area (TPSA) is 49.3 Å². The summed E-state index contributed by atoms with van der Waals surface area (Å²) < 4.78 is 11.4. The predicted octanol–water partition coefficient (Wildman–Crippen LogP) is -0.157. The monoisotopic (exact) mass is 149 g/mol. The highest BCUT2D eigenvalue weighted by atomic mass is 19.1. The Morgan fingerprint density at radius 1 is 1.80 bits per heavy atom. The Balaban J connectivity index is 3.42. The maximum Gasteiger partial charge on any atom is 0.248 e. The van der Waals surface area contributed by atoms with E-state index in [4.69, 9.17) is 5.11 Å². The van der Waals surface area contributed by atoms with Gasteiger partial charge < -0.3 is 10.4 Å². The second-order valence-corrected chi connectivity index (χ2v) is 1.90. The molecule has 0 heterocycles. The van der Waals surface area contributed by atoms with Crippen molar-refractivity contribution in [3.63, 3.8) is 0 Å². The lowest BCUT2D eigenvalue weighted by Gasteiger charge is -2.06. The lowest BCUT2D eigenvalue weighted by atomic mass is 10.2. The van der Waals surface area contributed by atoms with Crippen LogP contribution in [0.2, 0.25) is 0 Å². The molecule has 1 atom stereocenters. The number of amides is 1. The first-order valence-electron chi connectivity index (χ1n) is 3.24. The van der Waals surface area contributed by atoms with Crippen LogP contribution in [-0.4, -0.2) is 30.3 Å². The third-order valence-electron chi connectivity index (χ3n) is 1.08. The number of alkyl halides is 1. The minimum absolute atomic E-state index is 0.0180. The first kappa shape index (κ1) is 9.36. The van der Waals surface area contributed by atoms with Crippen LogP contribution in [-0.2, 0) is 4.79 Å². The van der Waals surface area contributed by atoms with Crippen LogP contribution in [0, 0.1) is 0 Å². The van der Waals surface area contributed by atoms with E-state index in [1.165, 1.54) is 0 Å². The highest BCUT2D eigenvalue weighted by Gasteiger charge is 2.10. The smallest absolute Gasteiger partial charge is 0.248 e. The molecule has 2 N–H and O–H groups in total. The molecule has 4 heteroatoms. The molecule has 1 amide bonds. The predicted molar refractivity (Wildman–Crippen MR) is 35.3 cm³/mol. The zero-order valence-electron chi connectivity index (χ0n) is 5.93. The zero-order valence-corrected chi connectivity index (χ0v) is 5.93. The summed E-state index contributed by atoms with van der Waals surface area (Å²) in [6.07, 6.45) is -0.635. The summed E-state index contributed by atoms with van der Waals surface area (Å²) in [5, 5.41) is 11.0. The fraction of sp³-hybridized carbons (Fsp3) is 0.833. The summed E-state index contributed by atoms with van der Waals surface area (Å²) in [6.45, 7) is 1.07. The maximum absolute atomic E-state index is 11.4. The van der Waals surface area contributed by atoms with Gasteiger partial charge in [-0.05, 0) is 6.42 Å². The molecule has 0 saturated heterocycles. The SMILES string of the molecule is CCC(O)C(=O)NCCF. The van der Waals surface area contributed by atoms with Crippen molar-refractivity contribution >= 4 is 5.91 Å². The zero-order chi connectivity index (χ0) is 7.98. The molecule has 0 aromatic carbocycles. The van der Waals surface area contributed by atoms with Crippen molar-refractivity contribution < 1.29 is 14.3 Å². The molecule has 1 unspecified atom stereocenters. The molecular weight excluding hydrogens is 137 g/mol. The summed E-state index contributed by atoms with van der Waals surface area (Å²) in [6, 6.07) is 0. The van der Waals surface area contributed by atoms with Crippen LogP contribution in [0.5, 0.6) is 0 Å². The van der Waals surface area contributed by atoms with Gasteiger partial charge in [-0.1, -0.05) is 6.92 Å². The molecular formula is C6H12FNO2. The number of carbonyl (C=O) groups excluding carboxylic acids is 1. The van der Waals surface area contributed by atoms with Gasteiger partial charge in [-0.2, -0.15) is 0 Å². The van der Waals surface area contributed by atoms with Gasteiger partial charge in [0.05, 0.1) is 0 Å². The molecule has 0 bridgehead atoms. The molecule has 0 aromatic heterocycles. The number of aliphatic hydroxyl groups is 1. The van der Waals surface area contributed by atoms with Gasteiger partial charge >= 0.3 is 0 Å². The van der Waals surface area contributed by atoms with Crippen LogP contribution < -0.4 is 5.32 Å². The van der Waals surface area contributed by atoms with E-state index in [0.29, 0.717) is 6.42 Å². The Morgan fingerprint density at radius 3 is 2.80 bits per heavy atom. The molecule has 0 aliphatic rings. The molecule has 0 aliphatic heterocycles. The summed E-state index contributed by atoms with van der Waals surface area (Å²) in [4.78, 5) is 10.6. The van der Waals surface area contributed by atoms with Gasteiger partial charge in [0.1, 0.15) is 12.8 Å². The largest absolute Gasteiger partial charge is 0.383 e. The average molecular weight is 149 g/mol. The Bertz CT molecular complexity index is 108. The quantitative estimate of drug-likeness (QED) is 0.583. The van der Waals surface area contributed by atoms with E-state index >= 15 is 0 Å². The Kier molecular flexibility index (Phi) is 4.84. The molecule has 0 aliphatic carbocycles. The second kappa shape index (κ2) is 5.17. The van der Waals surface area contributed by atoms with Gasteiger partial charge in [0.15, 0.2) is 0 Å². The molecule has 0 spiro atoms. The number of nitrogens with one attached hydrogen (secondary N) is 1. The summed E-state index contributed by atoms with van der Waals surface area (Å²) >= 11 is 0. The molecule has 60 valence electrons. The number of carbonyl (C=O) groups is 1. The van der Waals surface area contributed by atoms with Crippen LogP contribution in [0.25, 0.3) is 0 Å². The number of hydrogen-bond acceptors (Lipinski definition) is 2. The van der Waals surface area contributed by atoms with Gasteiger partial charge in [0.25, 0.3) is 0 Å². The Morgan fingerprint density at radius 2 is 2.40 bits per heavy atom. The van der Waals surface area contributed by atoms with Crippen molar-refractivity contribution in [1.29, 1.82) is 0 Å². The molecule has 10 heavy (non-hydrogen) atoms. The van der Waals surface area contributed by atoms with E-state index in [0.717, 1.165) is 0 Å². The van der Waals surface area contributed by atoms with Crippen molar-refractivity contribution in [1.82, 2.24) is 5.32 Å². The number of hydrogen-bond donors (Lipinski definition) is 2. The van der Waals surface area contributed by atoms with E-state index in [-0.39, 0.29) is 6.54 Å². The van der Waals surface area contributed by atoms with Gasteiger partial charge in [-0.25, -0.2) is 4.39 Å². The van der Waals surface area contributed by atoms with Crippen molar-refractivity contribution in [3.8, 4) is 0 Å². The molecule has 0 saturated carbocycles. The highest BCUT2D eigenvalue weighted by molar-refractivity contribution is 5.80. The summed E-state index contributed by atoms with van der Waals surface area (Å²) in [7, 11) is 0. The van der Waals surface area contributed by atoms with Crippen molar-refractivity contribution in [3.05, 3.63) is 0 Å². The standard InChI is InChI=1S/C6H12FNO2/c1-2-5(9)6(10)8-4-3-7/h5,9H,2-4H2,1H3,(H,8,10). The lowest BCUT2D eigenvalue weighted by Crippen LogP contribution is -2.35. The second-order valence-electron chi connectivity index (χ2n) is 1.90. The van der Waals surface area contributed by atoms with E-state index in [1.807, 2.05) is 0 Å². The maximum atomic E-state index is 11.4. The summed E-state index contributed by atoms with van der Waals surface area (Å²) in [5.41, 5.74) is 0. The fourth-order valence-corrected chi connectivity index (χ4v) is 0.474. The van der Waals surface area contributed by atoms with E-state index in [2.05, 4.69) is 5.32 Å². The van der Waals surface area contributed by atoms with Gasteiger partial charge in [0.2, 0.25) is 5.91 Å². The lowest BCUT2D eigenvalue weighted by molar-refractivity contribution is -0.129. The van der Waals surface area contributed by atoms with Crippen molar-refractivity contribution in [2.75, 3.05) is 13.2 Å². The normalized spacial score (nSPS) is 12.7. The highest BCUT2D eigenvalue weighted by Crippen LogP contribution is 1.87. The van der Waals surface area contributed by atoms with E-state index in [9.17, 15) is 9.18 Å². The van der Waals surface area contributed by atoms with Crippen LogP contribution >= 0.6 is 0 Å². The molecule has 0 fully saturated rings. The summed E-state index contributed by atoms with van der Waals surface area (Å²) in [5.74, 6) is -0.500. The van der Waals surface area contributed by atoms with Gasteiger partial charge in [-0.15, -0.1) is 0 Å². The number of aliphatic hydroxyl groups excluding tert-OH is 1. The number of rotatable bonds is 4. The van der Waals surface area contributed by atoms with E-state index < -0.39 is 18.7 Å². The Hall–Kier alpha value is -0.640. The molecule has 0 aromatic rings.